The van der Waals surface area contributed by atoms with Crippen molar-refractivity contribution in [2.24, 2.45) is 0 Å². The molecule has 2 N–H and O–H groups in total. The third kappa shape index (κ3) is 3.63. The average Bonchev–Trinajstić information content (AvgIpc) is 2.81. The third-order valence-corrected chi connectivity index (χ3v) is 3.92. The van der Waals surface area contributed by atoms with Gasteiger partial charge in [0.1, 0.15) is 5.75 Å². The second kappa shape index (κ2) is 6.28. The predicted molar refractivity (Wildman–Crippen MR) is 69.8 cm³/mol. The van der Waals surface area contributed by atoms with Crippen LogP contribution < -0.4 is 4.74 Å². The zero-order valence-electron chi connectivity index (χ0n) is 9.76. The summed E-state index contributed by atoms with van der Waals surface area (Å²) in [5, 5.41) is 17.9. The summed E-state index contributed by atoms with van der Waals surface area (Å²) in [5.41, 5.74) is 2.63. The van der Waals surface area contributed by atoms with Crippen LogP contribution in [-0.2, 0) is 12.8 Å². The molecule has 0 bridgehead atoms. The van der Waals surface area contributed by atoms with E-state index in [1.54, 1.807) is 11.8 Å². The number of benzene rings is 1. The molecule has 4 heteroatoms. The van der Waals surface area contributed by atoms with Crippen molar-refractivity contribution in [1.29, 1.82) is 0 Å². The lowest BCUT2D eigenvalue weighted by atomic mass is 10.1. The maximum atomic E-state index is 9.19. The van der Waals surface area contributed by atoms with Crippen molar-refractivity contribution in [3.8, 4) is 5.75 Å². The number of fused-ring (bicyclic) bond motifs is 1. The Bertz CT molecular complexity index is 368. The van der Waals surface area contributed by atoms with Crippen molar-refractivity contribution < 1.29 is 14.9 Å². The van der Waals surface area contributed by atoms with E-state index in [0.717, 1.165) is 31.0 Å². The van der Waals surface area contributed by atoms with Gasteiger partial charge in [0.25, 0.3) is 0 Å². The van der Waals surface area contributed by atoms with Gasteiger partial charge in [-0.2, -0.15) is 11.8 Å². The van der Waals surface area contributed by atoms with Crippen LogP contribution >= 0.6 is 11.8 Å². The number of aliphatic hydroxyl groups is 2. The maximum absolute atomic E-state index is 9.19. The van der Waals surface area contributed by atoms with Crippen molar-refractivity contribution in [3.63, 3.8) is 0 Å². The summed E-state index contributed by atoms with van der Waals surface area (Å²) in [6, 6.07) is 6.36. The van der Waals surface area contributed by atoms with E-state index < -0.39 is 6.10 Å². The quantitative estimate of drug-likeness (QED) is 0.750. The molecule has 0 saturated carbocycles. The van der Waals surface area contributed by atoms with Crippen molar-refractivity contribution in [1.82, 2.24) is 0 Å². The fourth-order valence-electron chi connectivity index (χ4n) is 1.86. The van der Waals surface area contributed by atoms with E-state index in [9.17, 15) is 5.11 Å². The summed E-state index contributed by atoms with van der Waals surface area (Å²) >= 11 is 1.67. The first-order chi connectivity index (χ1) is 8.29. The molecule has 17 heavy (non-hydrogen) atoms. The lowest BCUT2D eigenvalue weighted by Gasteiger charge is -2.07. The van der Waals surface area contributed by atoms with Crippen LogP contribution in [0.2, 0.25) is 0 Å². The monoisotopic (exact) mass is 254 g/mol. The highest BCUT2D eigenvalue weighted by Gasteiger charge is 2.11. The van der Waals surface area contributed by atoms with Crippen LogP contribution in [0.5, 0.6) is 5.75 Å². The van der Waals surface area contributed by atoms with Crippen molar-refractivity contribution >= 4 is 11.8 Å². The summed E-state index contributed by atoms with van der Waals surface area (Å²) in [5.74, 6) is 2.60. The molecule has 1 heterocycles. The summed E-state index contributed by atoms with van der Waals surface area (Å²) in [6.07, 6.45) is 1.42. The standard InChI is InChI=1S/C13H18O3S/c14-8-12(15)9-17-6-4-10-1-2-13-11(7-10)3-5-16-13/h1-2,7,12,14-15H,3-6,8-9H2/t12-/m1/s1. The van der Waals surface area contributed by atoms with Crippen LogP contribution in [0.4, 0.5) is 0 Å². The van der Waals surface area contributed by atoms with Gasteiger partial charge in [-0.25, -0.2) is 0 Å². The predicted octanol–water partition coefficient (Wildman–Crippen LogP) is 1.25. The molecule has 0 amide bonds. The third-order valence-electron chi connectivity index (χ3n) is 2.81. The molecule has 1 atom stereocenters. The number of hydrogen-bond donors (Lipinski definition) is 2. The number of ether oxygens (including phenoxy) is 1. The molecule has 0 spiro atoms. The number of aryl methyl sites for hydroxylation is 1. The molecule has 2 rings (SSSR count). The molecule has 0 saturated heterocycles. The fourth-order valence-corrected chi connectivity index (χ4v) is 2.78. The summed E-state index contributed by atoms with van der Waals surface area (Å²) in [6.45, 7) is 0.652. The van der Waals surface area contributed by atoms with E-state index in [-0.39, 0.29) is 6.61 Å². The van der Waals surface area contributed by atoms with Gasteiger partial charge in [0.05, 0.1) is 19.3 Å². The Morgan fingerprint density at radius 2 is 2.29 bits per heavy atom. The Morgan fingerprint density at radius 1 is 1.41 bits per heavy atom. The van der Waals surface area contributed by atoms with Gasteiger partial charge < -0.3 is 14.9 Å². The molecule has 0 aliphatic carbocycles. The highest BCUT2D eigenvalue weighted by molar-refractivity contribution is 7.99. The lowest BCUT2D eigenvalue weighted by molar-refractivity contribution is 0.113. The maximum Gasteiger partial charge on any atom is 0.122 e. The van der Waals surface area contributed by atoms with Gasteiger partial charge in [-0.15, -0.1) is 0 Å². The fraction of sp³-hybridized carbons (Fsp3) is 0.538. The minimum absolute atomic E-state index is 0.150. The minimum Gasteiger partial charge on any atom is -0.493 e. The van der Waals surface area contributed by atoms with Gasteiger partial charge in [-0.05, 0) is 29.4 Å². The van der Waals surface area contributed by atoms with Gasteiger partial charge in [-0.3, -0.25) is 0 Å². The normalized spacial score (nSPS) is 15.4. The first-order valence-corrected chi connectivity index (χ1v) is 7.06. The Labute approximate surface area is 106 Å². The second-order valence-electron chi connectivity index (χ2n) is 4.20. The van der Waals surface area contributed by atoms with Crippen LogP contribution in [-0.4, -0.2) is 41.0 Å². The molecule has 0 fully saturated rings. The molecule has 3 nitrogen and oxygen atoms in total. The molecule has 94 valence electrons. The molecular formula is C13H18O3S. The Hall–Kier alpha value is -0.710. The number of aliphatic hydroxyl groups excluding tert-OH is 2. The first-order valence-electron chi connectivity index (χ1n) is 5.91. The molecular weight excluding hydrogens is 236 g/mol. The molecule has 1 aliphatic rings. The van der Waals surface area contributed by atoms with Gasteiger partial charge >= 0.3 is 0 Å². The average molecular weight is 254 g/mol. The van der Waals surface area contributed by atoms with Crippen molar-refractivity contribution in [2.75, 3.05) is 24.7 Å². The van der Waals surface area contributed by atoms with E-state index in [1.165, 1.54) is 11.1 Å². The number of thioether (sulfide) groups is 1. The Balaban J connectivity index is 1.76. The number of rotatable bonds is 6. The van der Waals surface area contributed by atoms with E-state index in [4.69, 9.17) is 9.84 Å². The van der Waals surface area contributed by atoms with E-state index in [0.29, 0.717) is 5.75 Å². The molecule has 0 radical (unpaired) electrons. The van der Waals surface area contributed by atoms with Crippen LogP contribution in [0.15, 0.2) is 18.2 Å². The topological polar surface area (TPSA) is 49.7 Å². The molecule has 0 aromatic heterocycles. The highest BCUT2D eigenvalue weighted by Crippen LogP contribution is 2.26. The van der Waals surface area contributed by atoms with E-state index in [2.05, 4.69) is 12.1 Å². The summed E-state index contributed by atoms with van der Waals surface area (Å²) in [7, 11) is 0. The van der Waals surface area contributed by atoms with Gasteiger partial charge in [-0.1, -0.05) is 12.1 Å². The summed E-state index contributed by atoms with van der Waals surface area (Å²) in [4.78, 5) is 0. The second-order valence-corrected chi connectivity index (χ2v) is 5.35. The summed E-state index contributed by atoms with van der Waals surface area (Å²) < 4.78 is 5.46. The van der Waals surface area contributed by atoms with Crippen LogP contribution in [0.1, 0.15) is 11.1 Å². The molecule has 0 unspecified atom stereocenters. The van der Waals surface area contributed by atoms with Crippen molar-refractivity contribution in [3.05, 3.63) is 29.3 Å². The Kier molecular flexibility index (Phi) is 4.71. The number of hydrogen-bond acceptors (Lipinski definition) is 4. The zero-order chi connectivity index (χ0) is 12.1. The SMILES string of the molecule is OC[C@@H](O)CSCCc1ccc2c(c1)CCO2. The minimum atomic E-state index is -0.589. The van der Waals surface area contributed by atoms with E-state index >= 15 is 0 Å². The molecule has 1 aliphatic heterocycles. The van der Waals surface area contributed by atoms with Gasteiger partial charge in [0.15, 0.2) is 0 Å². The van der Waals surface area contributed by atoms with Crippen LogP contribution in [0.25, 0.3) is 0 Å². The molecule has 1 aromatic carbocycles. The largest absolute Gasteiger partial charge is 0.493 e. The molecule has 1 aromatic rings. The first kappa shape index (κ1) is 12.7. The smallest absolute Gasteiger partial charge is 0.122 e. The van der Waals surface area contributed by atoms with Gasteiger partial charge in [0.2, 0.25) is 0 Å². The van der Waals surface area contributed by atoms with Crippen LogP contribution in [0, 0.1) is 0 Å². The Morgan fingerprint density at radius 3 is 3.12 bits per heavy atom. The highest BCUT2D eigenvalue weighted by atomic mass is 32.2. The zero-order valence-corrected chi connectivity index (χ0v) is 10.6. The lowest BCUT2D eigenvalue weighted by Crippen LogP contribution is -2.15. The van der Waals surface area contributed by atoms with Crippen LogP contribution in [0.3, 0.4) is 0 Å². The van der Waals surface area contributed by atoms with Crippen molar-refractivity contribution in [2.45, 2.75) is 18.9 Å². The van der Waals surface area contributed by atoms with E-state index in [1.807, 2.05) is 6.07 Å². The van der Waals surface area contributed by atoms with Gasteiger partial charge in [0, 0.05) is 12.2 Å².